The summed E-state index contributed by atoms with van der Waals surface area (Å²) in [4.78, 5) is 24.3. The van der Waals surface area contributed by atoms with Gasteiger partial charge < -0.3 is 10.1 Å². The van der Waals surface area contributed by atoms with Crippen molar-refractivity contribution >= 4 is 56.5 Å². The Bertz CT molecular complexity index is 939. The molecule has 3 rings (SSSR count). The van der Waals surface area contributed by atoms with Crippen LogP contribution in [-0.4, -0.2) is 18.5 Å². The van der Waals surface area contributed by atoms with Crippen LogP contribution in [0.4, 0.5) is 0 Å². The summed E-state index contributed by atoms with van der Waals surface area (Å²) >= 11 is 13.5. The number of benzene rings is 2. The van der Waals surface area contributed by atoms with Gasteiger partial charge >= 0.3 is 5.97 Å². The third-order valence-electron chi connectivity index (χ3n) is 3.49. The molecule has 3 aromatic rings. The van der Waals surface area contributed by atoms with Crippen molar-refractivity contribution in [2.75, 3.05) is 6.61 Å². The molecule has 2 aromatic carbocycles. The molecule has 0 spiro atoms. The quantitative estimate of drug-likeness (QED) is 0.640. The Labute approximate surface area is 158 Å². The first-order chi connectivity index (χ1) is 12.1. The molecule has 0 atom stereocenters. The summed E-state index contributed by atoms with van der Waals surface area (Å²) in [6.07, 6.45) is 0. The molecule has 1 amide bonds. The second-order valence-electron chi connectivity index (χ2n) is 5.19. The molecule has 1 N–H and O–H groups in total. The van der Waals surface area contributed by atoms with Crippen LogP contribution in [0.2, 0.25) is 10.0 Å². The van der Waals surface area contributed by atoms with E-state index >= 15 is 0 Å². The Balaban J connectivity index is 1.57. The van der Waals surface area contributed by atoms with Crippen LogP contribution >= 0.6 is 34.5 Å². The number of hydrogen-bond donors (Lipinski definition) is 1. The summed E-state index contributed by atoms with van der Waals surface area (Å²) in [6.45, 7) is -0.117. The molecule has 1 heterocycles. The Hall–Kier alpha value is -2.08. The largest absolute Gasteiger partial charge is 0.451 e. The van der Waals surface area contributed by atoms with E-state index < -0.39 is 11.9 Å². The maximum absolute atomic E-state index is 12.2. The average Bonchev–Trinajstić information content (AvgIpc) is 2.96. The van der Waals surface area contributed by atoms with E-state index in [0.29, 0.717) is 14.9 Å². The number of esters is 1. The molecule has 0 unspecified atom stereocenters. The Morgan fingerprint density at radius 3 is 2.52 bits per heavy atom. The molecule has 7 heteroatoms. The standard InChI is InChI=1S/C18H13Cl2NO3S/c19-13-7-3-1-5-11(13)9-21-15(22)10-24-18(23)17-16(20)12-6-2-4-8-14(12)25-17/h1-8H,9-10H2,(H,21,22). The zero-order valence-corrected chi connectivity index (χ0v) is 15.3. The Kier molecular flexibility index (Phi) is 5.58. The van der Waals surface area contributed by atoms with Crippen LogP contribution in [0.1, 0.15) is 15.2 Å². The van der Waals surface area contributed by atoms with Crippen molar-refractivity contribution in [2.45, 2.75) is 6.54 Å². The normalized spacial score (nSPS) is 10.6. The second-order valence-corrected chi connectivity index (χ2v) is 7.02. The zero-order chi connectivity index (χ0) is 17.8. The molecule has 0 saturated carbocycles. The molecular weight excluding hydrogens is 381 g/mol. The summed E-state index contributed by atoms with van der Waals surface area (Å²) in [7, 11) is 0. The Morgan fingerprint density at radius 1 is 1.04 bits per heavy atom. The number of halogens is 2. The molecule has 0 fully saturated rings. The SMILES string of the molecule is O=C(COC(=O)c1sc2ccccc2c1Cl)NCc1ccccc1Cl. The maximum atomic E-state index is 12.2. The van der Waals surface area contributed by atoms with Gasteiger partial charge in [0.15, 0.2) is 6.61 Å². The molecule has 1 aromatic heterocycles. The fourth-order valence-corrected chi connectivity index (χ4v) is 3.83. The van der Waals surface area contributed by atoms with E-state index in [1.807, 2.05) is 42.5 Å². The summed E-state index contributed by atoms with van der Waals surface area (Å²) in [5.41, 5.74) is 0.788. The predicted octanol–water partition coefficient (Wildman–Crippen LogP) is 4.68. The van der Waals surface area contributed by atoms with Crippen molar-refractivity contribution in [2.24, 2.45) is 0 Å². The van der Waals surface area contributed by atoms with Gasteiger partial charge in [0.25, 0.3) is 5.91 Å². The van der Waals surface area contributed by atoms with Gasteiger partial charge in [0.05, 0.1) is 5.02 Å². The van der Waals surface area contributed by atoms with E-state index in [0.717, 1.165) is 15.6 Å². The smallest absolute Gasteiger partial charge is 0.350 e. The van der Waals surface area contributed by atoms with Crippen LogP contribution in [0.25, 0.3) is 10.1 Å². The number of carbonyl (C=O) groups excluding carboxylic acids is 2. The minimum atomic E-state index is -0.612. The second kappa shape index (κ2) is 7.87. The van der Waals surface area contributed by atoms with Crippen LogP contribution in [0, 0.1) is 0 Å². The highest BCUT2D eigenvalue weighted by atomic mass is 35.5. The monoisotopic (exact) mass is 393 g/mol. The number of nitrogens with one attached hydrogen (secondary N) is 1. The lowest BCUT2D eigenvalue weighted by Gasteiger charge is -2.07. The number of ether oxygens (including phenoxy) is 1. The highest BCUT2D eigenvalue weighted by molar-refractivity contribution is 7.21. The summed E-state index contributed by atoms with van der Waals surface area (Å²) in [6, 6.07) is 14.6. The first-order valence-electron chi connectivity index (χ1n) is 7.40. The molecule has 4 nitrogen and oxygen atoms in total. The molecule has 25 heavy (non-hydrogen) atoms. The lowest BCUT2D eigenvalue weighted by Crippen LogP contribution is -2.28. The number of hydrogen-bond acceptors (Lipinski definition) is 4. The van der Waals surface area contributed by atoms with E-state index in [1.165, 1.54) is 11.3 Å². The van der Waals surface area contributed by atoms with Gasteiger partial charge in [-0.15, -0.1) is 11.3 Å². The fourth-order valence-electron chi connectivity index (χ4n) is 2.23. The van der Waals surface area contributed by atoms with Gasteiger partial charge in [-0.2, -0.15) is 0 Å². The molecular formula is C18H13Cl2NO3S. The van der Waals surface area contributed by atoms with E-state index in [2.05, 4.69) is 5.32 Å². The number of carbonyl (C=O) groups is 2. The number of amides is 1. The van der Waals surface area contributed by atoms with Gasteiger partial charge in [0.2, 0.25) is 0 Å². The molecule has 0 radical (unpaired) electrons. The number of thiophene rings is 1. The number of fused-ring (bicyclic) bond motifs is 1. The van der Waals surface area contributed by atoms with E-state index in [4.69, 9.17) is 27.9 Å². The topological polar surface area (TPSA) is 55.4 Å². The van der Waals surface area contributed by atoms with Gasteiger partial charge in [-0.25, -0.2) is 4.79 Å². The molecule has 0 aliphatic carbocycles. The maximum Gasteiger partial charge on any atom is 0.350 e. The minimum absolute atomic E-state index is 0.264. The highest BCUT2D eigenvalue weighted by Gasteiger charge is 2.19. The van der Waals surface area contributed by atoms with Gasteiger partial charge in [-0.1, -0.05) is 59.6 Å². The van der Waals surface area contributed by atoms with Crippen molar-refractivity contribution in [1.29, 1.82) is 0 Å². The first kappa shape index (κ1) is 17.7. The lowest BCUT2D eigenvalue weighted by atomic mass is 10.2. The lowest BCUT2D eigenvalue weighted by molar-refractivity contribution is -0.124. The number of rotatable bonds is 5. The summed E-state index contributed by atoms with van der Waals surface area (Å²) in [5.74, 6) is -1.02. The summed E-state index contributed by atoms with van der Waals surface area (Å²) < 4.78 is 5.95. The summed E-state index contributed by atoms with van der Waals surface area (Å²) in [5, 5.41) is 4.37. The highest BCUT2D eigenvalue weighted by Crippen LogP contribution is 2.35. The van der Waals surface area contributed by atoms with Gasteiger partial charge in [0.1, 0.15) is 4.88 Å². The average molecular weight is 394 g/mol. The van der Waals surface area contributed by atoms with Crippen LogP contribution in [0.5, 0.6) is 0 Å². The van der Waals surface area contributed by atoms with Crippen molar-refractivity contribution < 1.29 is 14.3 Å². The fraction of sp³-hybridized carbons (Fsp3) is 0.111. The molecule has 0 saturated heterocycles. The van der Waals surface area contributed by atoms with Gasteiger partial charge in [-0.3, -0.25) is 4.79 Å². The third-order valence-corrected chi connectivity index (χ3v) is 5.51. The van der Waals surface area contributed by atoms with Crippen LogP contribution in [0.3, 0.4) is 0 Å². The van der Waals surface area contributed by atoms with Gasteiger partial charge in [0, 0.05) is 21.7 Å². The van der Waals surface area contributed by atoms with Crippen LogP contribution < -0.4 is 5.32 Å². The van der Waals surface area contributed by atoms with Gasteiger partial charge in [-0.05, 0) is 17.7 Å². The molecule has 0 aliphatic rings. The van der Waals surface area contributed by atoms with Crippen molar-refractivity contribution in [1.82, 2.24) is 5.32 Å². The van der Waals surface area contributed by atoms with E-state index in [1.54, 1.807) is 6.07 Å². The van der Waals surface area contributed by atoms with Crippen molar-refractivity contribution in [3.05, 3.63) is 69.0 Å². The van der Waals surface area contributed by atoms with Crippen molar-refractivity contribution in [3.8, 4) is 0 Å². The molecule has 0 bridgehead atoms. The van der Waals surface area contributed by atoms with Crippen LogP contribution in [0.15, 0.2) is 48.5 Å². The van der Waals surface area contributed by atoms with Crippen LogP contribution in [-0.2, 0) is 16.1 Å². The first-order valence-corrected chi connectivity index (χ1v) is 8.98. The van der Waals surface area contributed by atoms with Crippen molar-refractivity contribution in [3.63, 3.8) is 0 Å². The molecule has 0 aliphatic heterocycles. The van der Waals surface area contributed by atoms with E-state index in [-0.39, 0.29) is 13.2 Å². The minimum Gasteiger partial charge on any atom is -0.451 e. The Morgan fingerprint density at radius 2 is 1.76 bits per heavy atom. The molecule has 128 valence electrons. The zero-order valence-electron chi connectivity index (χ0n) is 12.9. The predicted molar refractivity (Wildman–Crippen MR) is 100 cm³/mol. The third kappa shape index (κ3) is 4.12. The van der Waals surface area contributed by atoms with E-state index in [9.17, 15) is 9.59 Å².